The predicted molar refractivity (Wildman–Crippen MR) is 92.3 cm³/mol. The molecule has 0 spiro atoms. The van der Waals surface area contributed by atoms with Crippen molar-refractivity contribution >= 4 is 17.4 Å². The van der Waals surface area contributed by atoms with Crippen molar-refractivity contribution in [3.8, 4) is 0 Å². The second kappa shape index (κ2) is 6.89. The number of aromatic amines is 1. The van der Waals surface area contributed by atoms with Crippen molar-refractivity contribution in [2.75, 3.05) is 36.4 Å². The van der Waals surface area contributed by atoms with E-state index in [1.807, 2.05) is 13.8 Å². The Morgan fingerprint density at radius 1 is 1.19 bits per heavy atom. The standard InChI is InChI=1S/C17H20F3N5O/c1-11-15(12(2)23-22-11)24-6-8-25(9-7-24)16(26)21-14-5-3-4-13(10-14)17(18,19)20/h3-5,10H,6-9H2,1-2H3,(H,21,26)(H,22,23). The van der Waals surface area contributed by atoms with Gasteiger partial charge in [0.25, 0.3) is 0 Å². The van der Waals surface area contributed by atoms with Gasteiger partial charge in [-0.25, -0.2) is 4.79 Å². The van der Waals surface area contributed by atoms with Gasteiger partial charge >= 0.3 is 12.2 Å². The second-order valence-electron chi connectivity index (χ2n) is 6.27. The number of benzene rings is 1. The summed E-state index contributed by atoms with van der Waals surface area (Å²) in [7, 11) is 0. The van der Waals surface area contributed by atoms with Gasteiger partial charge in [0.2, 0.25) is 0 Å². The summed E-state index contributed by atoms with van der Waals surface area (Å²) in [5, 5.41) is 9.67. The Balaban J connectivity index is 1.61. The van der Waals surface area contributed by atoms with Crippen LogP contribution < -0.4 is 10.2 Å². The van der Waals surface area contributed by atoms with Crippen LogP contribution >= 0.6 is 0 Å². The van der Waals surface area contributed by atoms with E-state index >= 15 is 0 Å². The first-order valence-corrected chi connectivity index (χ1v) is 8.25. The number of aromatic nitrogens is 2. The van der Waals surface area contributed by atoms with Crippen LogP contribution in [0.2, 0.25) is 0 Å². The van der Waals surface area contributed by atoms with E-state index in [0.29, 0.717) is 26.2 Å². The summed E-state index contributed by atoms with van der Waals surface area (Å²) in [6.45, 7) is 6.10. The van der Waals surface area contributed by atoms with Crippen LogP contribution in [-0.2, 0) is 6.18 Å². The summed E-state index contributed by atoms with van der Waals surface area (Å²) in [6, 6.07) is 4.24. The molecular formula is C17H20F3N5O. The first-order valence-electron chi connectivity index (χ1n) is 8.25. The maximum absolute atomic E-state index is 12.8. The number of hydrogen-bond donors (Lipinski definition) is 2. The minimum absolute atomic E-state index is 0.133. The van der Waals surface area contributed by atoms with Gasteiger partial charge in [0.15, 0.2) is 0 Å². The zero-order chi connectivity index (χ0) is 18.9. The van der Waals surface area contributed by atoms with Gasteiger partial charge in [-0.05, 0) is 32.0 Å². The summed E-state index contributed by atoms with van der Waals surface area (Å²) in [6.07, 6.45) is -4.44. The fourth-order valence-electron chi connectivity index (χ4n) is 3.12. The third kappa shape index (κ3) is 3.76. The van der Waals surface area contributed by atoms with E-state index in [-0.39, 0.29) is 5.69 Å². The van der Waals surface area contributed by atoms with Crippen molar-refractivity contribution in [3.05, 3.63) is 41.2 Å². The zero-order valence-corrected chi connectivity index (χ0v) is 14.5. The van der Waals surface area contributed by atoms with Gasteiger partial charge in [0.1, 0.15) is 0 Å². The van der Waals surface area contributed by atoms with Crippen molar-refractivity contribution < 1.29 is 18.0 Å². The van der Waals surface area contributed by atoms with Crippen molar-refractivity contribution in [2.24, 2.45) is 0 Å². The molecule has 2 aromatic rings. The number of anilines is 2. The number of carbonyl (C=O) groups excluding carboxylic acids is 1. The summed E-state index contributed by atoms with van der Waals surface area (Å²) < 4.78 is 38.3. The highest BCUT2D eigenvalue weighted by molar-refractivity contribution is 5.89. The number of urea groups is 1. The highest BCUT2D eigenvalue weighted by Gasteiger charge is 2.31. The normalized spacial score (nSPS) is 15.3. The van der Waals surface area contributed by atoms with Gasteiger partial charge in [-0.1, -0.05) is 6.07 Å². The monoisotopic (exact) mass is 367 g/mol. The van der Waals surface area contributed by atoms with E-state index in [1.165, 1.54) is 12.1 Å². The Labute approximate surface area is 149 Å². The Hall–Kier alpha value is -2.71. The summed E-state index contributed by atoms with van der Waals surface area (Å²) in [5.41, 5.74) is 2.27. The second-order valence-corrected chi connectivity index (χ2v) is 6.27. The SMILES string of the molecule is Cc1n[nH]c(C)c1N1CCN(C(=O)Nc2cccc(C(F)(F)F)c2)CC1. The Bertz CT molecular complexity index is 774. The maximum Gasteiger partial charge on any atom is 0.416 e. The van der Waals surface area contributed by atoms with Crippen LogP contribution in [0.15, 0.2) is 24.3 Å². The van der Waals surface area contributed by atoms with E-state index in [0.717, 1.165) is 29.2 Å². The van der Waals surface area contributed by atoms with E-state index in [9.17, 15) is 18.0 Å². The van der Waals surface area contributed by atoms with Gasteiger partial charge < -0.3 is 15.1 Å². The molecule has 2 heterocycles. The van der Waals surface area contributed by atoms with Crippen LogP contribution in [0.5, 0.6) is 0 Å². The van der Waals surface area contributed by atoms with Crippen molar-refractivity contribution in [3.63, 3.8) is 0 Å². The van der Waals surface area contributed by atoms with Gasteiger partial charge in [-0.3, -0.25) is 5.10 Å². The smallest absolute Gasteiger partial charge is 0.365 e. The molecule has 6 nitrogen and oxygen atoms in total. The molecule has 9 heteroatoms. The number of nitrogens with zero attached hydrogens (tertiary/aromatic N) is 3. The zero-order valence-electron chi connectivity index (χ0n) is 14.5. The van der Waals surface area contributed by atoms with E-state index in [2.05, 4.69) is 20.4 Å². The number of amides is 2. The molecule has 1 aromatic heterocycles. The number of aryl methyl sites for hydroxylation is 2. The molecule has 2 amide bonds. The van der Waals surface area contributed by atoms with Crippen LogP contribution in [0.1, 0.15) is 17.0 Å². The highest BCUT2D eigenvalue weighted by atomic mass is 19.4. The number of rotatable bonds is 2. The van der Waals surface area contributed by atoms with Crippen molar-refractivity contribution in [1.29, 1.82) is 0 Å². The summed E-state index contributed by atoms with van der Waals surface area (Å²) in [4.78, 5) is 16.1. The van der Waals surface area contributed by atoms with Crippen LogP contribution in [0.4, 0.5) is 29.3 Å². The molecule has 3 rings (SSSR count). The Morgan fingerprint density at radius 3 is 2.46 bits per heavy atom. The molecule has 26 heavy (non-hydrogen) atoms. The summed E-state index contributed by atoms with van der Waals surface area (Å²) in [5.74, 6) is 0. The molecule has 0 aliphatic carbocycles. The molecular weight excluding hydrogens is 347 g/mol. The first-order chi connectivity index (χ1) is 12.3. The van der Waals surface area contributed by atoms with Gasteiger partial charge in [-0.15, -0.1) is 0 Å². The molecule has 0 atom stereocenters. The molecule has 0 bridgehead atoms. The molecule has 2 N–H and O–H groups in total. The van der Waals surface area contributed by atoms with Crippen molar-refractivity contribution in [2.45, 2.75) is 20.0 Å². The van der Waals surface area contributed by atoms with E-state index in [4.69, 9.17) is 0 Å². The molecule has 1 aliphatic heterocycles. The maximum atomic E-state index is 12.8. The first kappa shape index (κ1) is 18.1. The predicted octanol–water partition coefficient (Wildman–Crippen LogP) is 3.40. The molecule has 0 saturated carbocycles. The average molecular weight is 367 g/mol. The third-order valence-electron chi connectivity index (χ3n) is 4.41. The number of piperazine rings is 1. The summed E-state index contributed by atoms with van der Waals surface area (Å²) >= 11 is 0. The van der Waals surface area contributed by atoms with Crippen LogP contribution in [0.3, 0.4) is 0 Å². The van der Waals surface area contributed by atoms with Crippen LogP contribution in [0, 0.1) is 13.8 Å². The number of nitrogens with one attached hydrogen (secondary N) is 2. The molecule has 1 saturated heterocycles. The Morgan fingerprint density at radius 2 is 1.88 bits per heavy atom. The van der Waals surface area contributed by atoms with Crippen LogP contribution in [0.25, 0.3) is 0 Å². The number of H-pyrrole nitrogens is 1. The fourth-order valence-corrected chi connectivity index (χ4v) is 3.12. The van der Waals surface area contributed by atoms with Gasteiger partial charge in [0.05, 0.1) is 22.6 Å². The molecule has 140 valence electrons. The molecule has 0 unspecified atom stereocenters. The van der Waals surface area contributed by atoms with E-state index in [1.54, 1.807) is 4.90 Å². The minimum Gasteiger partial charge on any atom is -0.365 e. The topological polar surface area (TPSA) is 64.3 Å². The van der Waals surface area contributed by atoms with Crippen LogP contribution in [-0.4, -0.2) is 47.3 Å². The average Bonchev–Trinajstić information content (AvgIpc) is 2.93. The lowest BCUT2D eigenvalue weighted by Crippen LogP contribution is -2.50. The number of hydrogen-bond acceptors (Lipinski definition) is 3. The van der Waals surface area contributed by atoms with E-state index < -0.39 is 17.8 Å². The lowest BCUT2D eigenvalue weighted by molar-refractivity contribution is -0.137. The Kier molecular flexibility index (Phi) is 4.80. The fraction of sp³-hybridized carbons (Fsp3) is 0.412. The highest BCUT2D eigenvalue weighted by Crippen LogP contribution is 2.30. The van der Waals surface area contributed by atoms with Crippen molar-refractivity contribution in [1.82, 2.24) is 15.1 Å². The molecule has 1 fully saturated rings. The molecule has 0 radical (unpaired) electrons. The quantitative estimate of drug-likeness (QED) is 0.855. The largest absolute Gasteiger partial charge is 0.416 e. The lowest BCUT2D eigenvalue weighted by atomic mass is 10.2. The molecule has 1 aromatic carbocycles. The minimum atomic E-state index is -4.44. The van der Waals surface area contributed by atoms with Gasteiger partial charge in [-0.2, -0.15) is 18.3 Å². The number of alkyl halides is 3. The number of halogens is 3. The lowest BCUT2D eigenvalue weighted by Gasteiger charge is -2.36. The molecule has 1 aliphatic rings. The third-order valence-corrected chi connectivity index (χ3v) is 4.41. The number of carbonyl (C=O) groups is 1. The van der Waals surface area contributed by atoms with Gasteiger partial charge in [0, 0.05) is 31.9 Å².